The molecule has 164 valence electrons. The van der Waals surface area contributed by atoms with E-state index in [2.05, 4.69) is 4.98 Å². The van der Waals surface area contributed by atoms with Crippen molar-refractivity contribution in [1.29, 1.82) is 0 Å². The molecule has 0 atom stereocenters. The second-order valence-electron chi connectivity index (χ2n) is 8.68. The number of hydrogen-bond donors (Lipinski definition) is 1. The topological polar surface area (TPSA) is 77.2 Å². The summed E-state index contributed by atoms with van der Waals surface area (Å²) in [7, 11) is 0. The van der Waals surface area contributed by atoms with Gasteiger partial charge in [0.25, 0.3) is 0 Å². The summed E-state index contributed by atoms with van der Waals surface area (Å²) in [5, 5.41) is 11.0. The number of benzene rings is 2. The highest BCUT2D eigenvalue weighted by molar-refractivity contribution is 6.30. The van der Waals surface area contributed by atoms with E-state index in [1.807, 2.05) is 62.7 Å². The Morgan fingerprint density at radius 3 is 2.62 bits per heavy atom. The van der Waals surface area contributed by atoms with Crippen LogP contribution in [0.4, 0.5) is 0 Å². The van der Waals surface area contributed by atoms with Gasteiger partial charge < -0.3 is 9.84 Å². The molecule has 4 aromatic rings. The van der Waals surface area contributed by atoms with Crippen LogP contribution in [-0.2, 0) is 11.2 Å². The highest BCUT2D eigenvalue weighted by Gasteiger charge is 2.22. The van der Waals surface area contributed by atoms with Gasteiger partial charge in [-0.15, -0.1) is 0 Å². The van der Waals surface area contributed by atoms with E-state index in [1.54, 1.807) is 24.7 Å². The number of fused-ring (bicyclic) bond motifs is 1. The summed E-state index contributed by atoms with van der Waals surface area (Å²) >= 11 is 6.29. The van der Waals surface area contributed by atoms with Crippen LogP contribution in [0.25, 0.3) is 27.8 Å². The molecule has 0 saturated heterocycles. The third-order valence-corrected chi connectivity index (χ3v) is 5.27. The molecule has 7 heteroatoms. The monoisotopic (exact) mass is 449 g/mol. The molecule has 0 bridgehead atoms. The number of nitrogens with zero attached hydrogens (tertiary/aromatic N) is 3. The molecule has 0 saturated carbocycles. The Morgan fingerprint density at radius 1 is 1.19 bits per heavy atom. The first-order valence-corrected chi connectivity index (χ1v) is 10.6. The van der Waals surface area contributed by atoms with Crippen molar-refractivity contribution < 1.29 is 14.6 Å². The summed E-state index contributed by atoms with van der Waals surface area (Å²) in [6, 6.07) is 11.2. The lowest BCUT2D eigenvalue weighted by atomic mass is 9.89. The first-order chi connectivity index (χ1) is 15.1. The minimum absolute atomic E-state index is 0.113. The van der Waals surface area contributed by atoms with Gasteiger partial charge in [-0.2, -0.15) is 0 Å². The molecule has 2 aromatic carbocycles. The molecule has 32 heavy (non-hydrogen) atoms. The molecule has 0 unspecified atom stereocenters. The van der Waals surface area contributed by atoms with Gasteiger partial charge in [0.2, 0.25) is 0 Å². The smallest absolute Gasteiger partial charge is 0.307 e. The number of imidazole rings is 1. The quantitative estimate of drug-likeness (QED) is 0.413. The average molecular weight is 450 g/mol. The Morgan fingerprint density at radius 2 is 1.97 bits per heavy atom. The van der Waals surface area contributed by atoms with Gasteiger partial charge in [0.15, 0.2) is 0 Å². The van der Waals surface area contributed by atoms with Crippen LogP contribution >= 0.6 is 11.6 Å². The summed E-state index contributed by atoms with van der Waals surface area (Å²) in [6.07, 6.45) is 5.10. The fourth-order valence-electron chi connectivity index (χ4n) is 3.78. The molecular weight excluding hydrogens is 426 g/mol. The maximum Gasteiger partial charge on any atom is 0.307 e. The molecular formula is C25H24ClN3O3. The predicted octanol–water partition coefficient (Wildman–Crippen LogP) is 5.85. The summed E-state index contributed by atoms with van der Waals surface area (Å²) in [6.45, 7) is 7.79. The Balaban J connectivity index is 2.03. The van der Waals surface area contributed by atoms with Crippen LogP contribution < -0.4 is 4.74 Å². The Hall–Kier alpha value is -3.38. The first-order valence-electron chi connectivity index (χ1n) is 10.2. The number of aryl methyl sites for hydroxylation is 1. The highest BCUT2D eigenvalue weighted by atomic mass is 35.5. The van der Waals surface area contributed by atoms with Gasteiger partial charge in [-0.3, -0.25) is 9.36 Å². The predicted molar refractivity (Wildman–Crippen MR) is 126 cm³/mol. The number of aliphatic carboxylic acids is 1. The van der Waals surface area contributed by atoms with E-state index in [4.69, 9.17) is 21.3 Å². The second kappa shape index (κ2) is 8.28. The zero-order valence-corrected chi connectivity index (χ0v) is 19.1. The maximum absolute atomic E-state index is 11.7. The average Bonchev–Trinajstić information content (AvgIpc) is 3.22. The van der Waals surface area contributed by atoms with Crippen molar-refractivity contribution in [3.05, 3.63) is 71.3 Å². The van der Waals surface area contributed by atoms with Crippen LogP contribution in [0.1, 0.15) is 31.9 Å². The van der Waals surface area contributed by atoms with Crippen molar-refractivity contribution in [1.82, 2.24) is 14.5 Å². The van der Waals surface area contributed by atoms with Crippen LogP contribution in [0.15, 0.2) is 55.1 Å². The van der Waals surface area contributed by atoms with Crippen LogP contribution in [0.5, 0.6) is 5.75 Å². The lowest BCUT2D eigenvalue weighted by Gasteiger charge is -2.25. The molecule has 0 spiro atoms. The zero-order chi connectivity index (χ0) is 23.0. The van der Waals surface area contributed by atoms with Crippen molar-refractivity contribution in [2.24, 2.45) is 0 Å². The fraction of sp³-hybridized carbons (Fsp3) is 0.240. The number of halogens is 1. The van der Waals surface area contributed by atoms with Crippen LogP contribution in [0.2, 0.25) is 5.02 Å². The Bertz CT molecular complexity index is 1310. The summed E-state index contributed by atoms with van der Waals surface area (Å²) in [5.74, 6) is 0.430. The van der Waals surface area contributed by atoms with Gasteiger partial charge >= 0.3 is 5.97 Å². The number of hydrogen-bond acceptors (Lipinski definition) is 4. The molecule has 0 radical (unpaired) electrons. The summed E-state index contributed by atoms with van der Waals surface area (Å²) < 4.78 is 8.06. The number of carboxylic acid groups (broad SMARTS) is 1. The van der Waals surface area contributed by atoms with Gasteiger partial charge in [-0.05, 0) is 80.8 Å². The molecule has 0 aliphatic rings. The highest BCUT2D eigenvalue weighted by Crippen LogP contribution is 2.41. The number of carboxylic acids is 1. The van der Waals surface area contributed by atoms with E-state index >= 15 is 0 Å². The van der Waals surface area contributed by atoms with Gasteiger partial charge in [0.05, 0.1) is 11.9 Å². The number of ether oxygens (including phenoxy) is 1. The molecule has 0 aliphatic heterocycles. The van der Waals surface area contributed by atoms with E-state index in [0.717, 1.165) is 39.0 Å². The van der Waals surface area contributed by atoms with E-state index in [0.29, 0.717) is 10.8 Å². The number of rotatable bonds is 5. The zero-order valence-electron chi connectivity index (χ0n) is 18.4. The van der Waals surface area contributed by atoms with Crippen molar-refractivity contribution in [3.8, 4) is 22.7 Å². The number of aromatic nitrogens is 3. The minimum Gasteiger partial charge on any atom is -0.487 e. The Labute approximate surface area is 191 Å². The lowest BCUT2D eigenvalue weighted by Crippen LogP contribution is -2.23. The molecule has 4 rings (SSSR count). The fourth-order valence-corrected chi connectivity index (χ4v) is 3.94. The van der Waals surface area contributed by atoms with Crippen molar-refractivity contribution in [3.63, 3.8) is 0 Å². The van der Waals surface area contributed by atoms with E-state index in [1.165, 1.54) is 0 Å². The SMILES string of the molecule is Cc1cc2nc(-n3ccnc3)ccc2c(-c2ccc(Cl)cc2OC(C)(C)C)c1CC(=O)O. The van der Waals surface area contributed by atoms with Gasteiger partial charge in [-0.1, -0.05) is 11.6 Å². The second-order valence-corrected chi connectivity index (χ2v) is 9.11. The van der Waals surface area contributed by atoms with Gasteiger partial charge in [0, 0.05) is 28.4 Å². The van der Waals surface area contributed by atoms with E-state index in [-0.39, 0.29) is 6.42 Å². The number of carbonyl (C=O) groups is 1. The third-order valence-electron chi connectivity index (χ3n) is 5.04. The summed E-state index contributed by atoms with van der Waals surface area (Å²) in [5.41, 5.74) is 3.45. The molecule has 2 aromatic heterocycles. The summed E-state index contributed by atoms with van der Waals surface area (Å²) in [4.78, 5) is 20.6. The molecule has 2 heterocycles. The third kappa shape index (κ3) is 4.46. The van der Waals surface area contributed by atoms with E-state index < -0.39 is 11.6 Å². The van der Waals surface area contributed by atoms with Crippen molar-refractivity contribution in [2.45, 2.75) is 39.7 Å². The first kappa shape index (κ1) is 21.8. The van der Waals surface area contributed by atoms with Crippen LogP contribution in [-0.4, -0.2) is 31.2 Å². The normalized spacial score (nSPS) is 11.7. The molecule has 0 aliphatic carbocycles. The largest absolute Gasteiger partial charge is 0.487 e. The number of pyridine rings is 1. The van der Waals surface area contributed by atoms with Crippen molar-refractivity contribution in [2.75, 3.05) is 0 Å². The molecule has 0 fully saturated rings. The van der Waals surface area contributed by atoms with Crippen molar-refractivity contribution >= 4 is 28.5 Å². The Kier molecular flexibility index (Phi) is 5.65. The maximum atomic E-state index is 11.7. The van der Waals surface area contributed by atoms with Crippen LogP contribution in [0, 0.1) is 6.92 Å². The minimum atomic E-state index is -0.899. The molecule has 0 amide bonds. The molecule has 1 N–H and O–H groups in total. The standard InChI is InChI=1S/C25H24ClN3O3/c1-15-11-20-17(7-8-22(28-20)29-10-9-27-14-29)24(19(15)13-23(30)31)18-6-5-16(26)12-21(18)32-25(2,3)4/h5-12,14H,13H2,1-4H3,(H,30,31). The van der Waals surface area contributed by atoms with Gasteiger partial charge in [0.1, 0.15) is 23.5 Å². The van der Waals surface area contributed by atoms with Crippen LogP contribution in [0.3, 0.4) is 0 Å². The molecule has 6 nitrogen and oxygen atoms in total. The van der Waals surface area contributed by atoms with Gasteiger partial charge in [-0.25, -0.2) is 9.97 Å². The lowest BCUT2D eigenvalue weighted by molar-refractivity contribution is -0.136. The van der Waals surface area contributed by atoms with E-state index in [9.17, 15) is 9.90 Å².